The molecular weight excluding hydrogens is 220 g/mol. The Kier molecular flexibility index (Phi) is 4.67. The van der Waals surface area contributed by atoms with Crippen molar-refractivity contribution >= 4 is 0 Å². The van der Waals surface area contributed by atoms with Crippen molar-refractivity contribution in [1.82, 2.24) is 4.90 Å². The van der Waals surface area contributed by atoms with Crippen LogP contribution in [0, 0.1) is 22.7 Å². The first-order valence-corrected chi connectivity index (χ1v) is 7.82. The first-order valence-electron chi connectivity index (χ1n) is 7.82. The molecule has 18 heavy (non-hydrogen) atoms. The van der Waals surface area contributed by atoms with Gasteiger partial charge in [0, 0.05) is 6.04 Å². The average molecular weight is 248 g/mol. The number of likely N-dealkylation sites (tertiary alicyclic amines) is 1. The average Bonchev–Trinajstić information content (AvgIpc) is 2.32. The maximum Gasteiger partial charge on any atom is 0.0689 e. The fourth-order valence-electron chi connectivity index (χ4n) is 3.54. The molecule has 0 amide bonds. The summed E-state index contributed by atoms with van der Waals surface area (Å²) in [6.45, 7) is 7.30. The monoisotopic (exact) mass is 248 g/mol. The Morgan fingerprint density at radius 3 is 2.61 bits per heavy atom. The lowest BCUT2D eigenvalue weighted by Gasteiger charge is -2.38. The zero-order valence-corrected chi connectivity index (χ0v) is 12.1. The highest BCUT2D eigenvalue weighted by Gasteiger charge is 2.36. The lowest BCUT2D eigenvalue weighted by molar-refractivity contribution is 0.108. The molecule has 2 unspecified atom stereocenters. The number of rotatable bonds is 5. The summed E-state index contributed by atoms with van der Waals surface area (Å²) < 4.78 is 0. The zero-order chi connectivity index (χ0) is 13.0. The predicted molar refractivity (Wildman–Crippen MR) is 75.2 cm³/mol. The van der Waals surface area contributed by atoms with E-state index in [0.29, 0.717) is 0 Å². The van der Waals surface area contributed by atoms with Crippen molar-refractivity contribution in [2.24, 2.45) is 11.3 Å². The first-order chi connectivity index (χ1) is 8.67. The molecule has 0 bridgehead atoms. The summed E-state index contributed by atoms with van der Waals surface area (Å²) in [6, 6.07) is 3.31. The molecule has 2 atom stereocenters. The molecule has 1 aliphatic carbocycles. The minimum Gasteiger partial charge on any atom is -0.300 e. The van der Waals surface area contributed by atoms with Crippen LogP contribution in [-0.2, 0) is 0 Å². The highest BCUT2D eigenvalue weighted by atomic mass is 15.2. The standard InChI is InChI=1S/C16H28N2/c1-14-7-5-12-18(15(14)2)11-4-3-8-16(13-17)9-6-10-16/h14-15H,3-12H2,1-2H3. The van der Waals surface area contributed by atoms with Gasteiger partial charge in [0.1, 0.15) is 0 Å². The van der Waals surface area contributed by atoms with Crippen LogP contribution in [-0.4, -0.2) is 24.0 Å². The third kappa shape index (κ3) is 3.06. The summed E-state index contributed by atoms with van der Waals surface area (Å²) >= 11 is 0. The van der Waals surface area contributed by atoms with Gasteiger partial charge in [0.05, 0.1) is 11.5 Å². The van der Waals surface area contributed by atoms with Crippen molar-refractivity contribution in [3.8, 4) is 6.07 Å². The van der Waals surface area contributed by atoms with Gasteiger partial charge >= 0.3 is 0 Å². The molecule has 102 valence electrons. The van der Waals surface area contributed by atoms with Crippen molar-refractivity contribution in [1.29, 1.82) is 5.26 Å². The molecule has 0 aromatic carbocycles. The van der Waals surface area contributed by atoms with Gasteiger partial charge in [0.15, 0.2) is 0 Å². The molecule has 1 saturated heterocycles. The molecule has 1 aliphatic heterocycles. The fourth-order valence-corrected chi connectivity index (χ4v) is 3.54. The number of nitriles is 1. The zero-order valence-electron chi connectivity index (χ0n) is 12.1. The largest absolute Gasteiger partial charge is 0.300 e. The van der Waals surface area contributed by atoms with Crippen molar-refractivity contribution in [2.75, 3.05) is 13.1 Å². The van der Waals surface area contributed by atoms with Gasteiger partial charge in [-0.2, -0.15) is 5.26 Å². The Balaban J connectivity index is 1.65. The van der Waals surface area contributed by atoms with E-state index in [1.165, 1.54) is 45.2 Å². The summed E-state index contributed by atoms with van der Waals surface area (Å²) in [6.07, 6.45) is 10.0. The lowest BCUT2D eigenvalue weighted by atomic mass is 9.67. The predicted octanol–water partition coefficient (Wildman–Crippen LogP) is 3.97. The molecule has 2 rings (SSSR count). The fraction of sp³-hybridized carbons (Fsp3) is 0.938. The van der Waals surface area contributed by atoms with Crippen LogP contribution in [0.25, 0.3) is 0 Å². The van der Waals surface area contributed by atoms with E-state index in [0.717, 1.165) is 31.2 Å². The van der Waals surface area contributed by atoms with E-state index in [1.807, 2.05) is 0 Å². The third-order valence-electron chi connectivity index (χ3n) is 5.40. The van der Waals surface area contributed by atoms with E-state index in [4.69, 9.17) is 0 Å². The Labute approximate surface area is 112 Å². The molecular formula is C16H28N2. The topological polar surface area (TPSA) is 27.0 Å². The van der Waals surface area contributed by atoms with Crippen LogP contribution in [0.15, 0.2) is 0 Å². The van der Waals surface area contributed by atoms with Crippen LogP contribution in [0.3, 0.4) is 0 Å². The van der Waals surface area contributed by atoms with Gasteiger partial charge in [0.25, 0.3) is 0 Å². The molecule has 2 fully saturated rings. The van der Waals surface area contributed by atoms with Gasteiger partial charge in [-0.1, -0.05) is 19.8 Å². The van der Waals surface area contributed by atoms with Crippen molar-refractivity contribution in [3.05, 3.63) is 0 Å². The molecule has 2 heteroatoms. The van der Waals surface area contributed by atoms with Crippen LogP contribution in [0.4, 0.5) is 0 Å². The molecule has 0 aromatic rings. The third-order valence-corrected chi connectivity index (χ3v) is 5.40. The van der Waals surface area contributed by atoms with E-state index < -0.39 is 0 Å². The highest BCUT2D eigenvalue weighted by molar-refractivity contribution is 5.04. The van der Waals surface area contributed by atoms with Crippen LogP contribution >= 0.6 is 0 Å². The van der Waals surface area contributed by atoms with E-state index >= 15 is 0 Å². The van der Waals surface area contributed by atoms with Gasteiger partial charge < -0.3 is 4.90 Å². The van der Waals surface area contributed by atoms with E-state index in [-0.39, 0.29) is 5.41 Å². The molecule has 2 nitrogen and oxygen atoms in total. The van der Waals surface area contributed by atoms with Crippen molar-refractivity contribution in [3.63, 3.8) is 0 Å². The van der Waals surface area contributed by atoms with Crippen LogP contribution in [0.1, 0.15) is 65.2 Å². The molecule has 0 spiro atoms. The van der Waals surface area contributed by atoms with Gasteiger partial charge in [0.2, 0.25) is 0 Å². The van der Waals surface area contributed by atoms with E-state index in [1.54, 1.807) is 0 Å². The van der Waals surface area contributed by atoms with Crippen LogP contribution in [0.2, 0.25) is 0 Å². The first kappa shape index (κ1) is 13.9. The normalized spacial score (nSPS) is 31.6. The Morgan fingerprint density at radius 1 is 1.22 bits per heavy atom. The van der Waals surface area contributed by atoms with Gasteiger partial charge in [-0.25, -0.2) is 0 Å². The summed E-state index contributed by atoms with van der Waals surface area (Å²) in [5.74, 6) is 0.857. The Bertz CT molecular complexity index is 301. The summed E-state index contributed by atoms with van der Waals surface area (Å²) in [4.78, 5) is 2.66. The molecule has 2 aliphatic rings. The SMILES string of the molecule is CC1CCCN(CCCCC2(C#N)CCC2)C1C. The summed E-state index contributed by atoms with van der Waals surface area (Å²) in [7, 11) is 0. The molecule has 0 radical (unpaired) electrons. The quantitative estimate of drug-likeness (QED) is 0.688. The number of unbranched alkanes of at least 4 members (excludes halogenated alkanes) is 1. The smallest absolute Gasteiger partial charge is 0.0689 e. The Morgan fingerprint density at radius 2 is 2.00 bits per heavy atom. The second kappa shape index (κ2) is 6.06. The minimum atomic E-state index is 0.0841. The number of piperidine rings is 1. The molecule has 0 N–H and O–H groups in total. The lowest BCUT2D eigenvalue weighted by Crippen LogP contribution is -2.42. The molecule has 1 saturated carbocycles. The minimum absolute atomic E-state index is 0.0841. The molecule has 1 heterocycles. The van der Waals surface area contributed by atoms with Gasteiger partial charge in [-0.05, 0) is 64.5 Å². The second-order valence-corrected chi connectivity index (χ2v) is 6.60. The van der Waals surface area contributed by atoms with Gasteiger partial charge in [-0.3, -0.25) is 0 Å². The summed E-state index contributed by atoms with van der Waals surface area (Å²) in [5.41, 5.74) is 0.0841. The second-order valence-electron chi connectivity index (χ2n) is 6.60. The number of nitrogens with zero attached hydrogens (tertiary/aromatic N) is 2. The maximum absolute atomic E-state index is 9.20. The van der Waals surface area contributed by atoms with Gasteiger partial charge in [-0.15, -0.1) is 0 Å². The van der Waals surface area contributed by atoms with E-state index in [2.05, 4.69) is 24.8 Å². The highest BCUT2D eigenvalue weighted by Crippen LogP contribution is 2.44. The number of hydrogen-bond donors (Lipinski definition) is 0. The van der Waals surface area contributed by atoms with E-state index in [9.17, 15) is 5.26 Å². The molecule has 0 aromatic heterocycles. The van der Waals surface area contributed by atoms with Crippen molar-refractivity contribution in [2.45, 2.75) is 71.3 Å². The van der Waals surface area contributed by atoms with Crippen LogP contribution in [0.5, 0.6) is 0 Å². The Hall–Kier alpha value is -0.550. The van der Waals surface area contributed by atoms with Crippen molar-refractivity contribution < 1.29 is 0 Å². The number of hydrogen-bond acceptors (Lipinski definition) is 2. The maximum atomic E-state index is 9.20. The summed E-state index contributed by atoms with van der Waals surface area (Å²) in [5, 5.41) is 9.20. The van der Waals surface area contributed by atoms with Crippen LogP contribution < -0.4 is 0 Å².